The third-order valence-electron chi connectivity index (χ3n) is 0.681. The Morgan fingerprint density at radius 1 is 1.20 bits per heavy atom. The van der Waals surface area contributed by atoms with Gasteiger partial charge in [-0.05, 0) is 12.1 Å². The van der Waals surface area contributed by atoms with E-state index in [0.717, 1.165) is 4.64 Å². The van der Waals surface area contributed by atoms with Crippen molar-refractivity contribution in [3.05, 3.63) is 29.0 Å². The third kappa shape index (κ3) is 7.44. The van der Waals surface area contributed by atoms with Crippen molar-refractivity contribution < 1.29 is 64.6 Å². The molecule has 44 valence electrons. The van der Waals surface area contributed by atoms with Gasteiger partial charge in [0.05, 0.1) is 0 Å². The number of pyridine rings is 1. The molecule has 0 saturated heterocycles. The normalized spacial score (nSPS) is 6.00. The largest absolute Gasteiger partial charge is 2.00 e. The van der Waals surface area contributed by atoms with Crippen LogP contribution in [0.4, 0.5) is 0 Å². The molecule has 5 heteroatoms. The molecule has 10 heavy (non-hydrogen) atoms. The van der Waals surface area contributed by atoms with Gasteiger partial charge >= 0.3 is 59.1 Å². The predicted octanol–water partition coefficient (Wildman–Crippen LogP) is -4.37. The van der Waals surface area contributed by atoms with Crippen molar-refractivity contribution >= 4 is 12.2 Å². The summed E-state index contributed by atoms with van der Waals surface area (Å²) in [7, 11) is 0. The maximum Gasteiger partial charge on any atom is 1.00 e. The Morgan fingerprint density at radius 3 is 2.00 bits per heavy atom. The summed E-state index contributed by atoms with van der Waals surface area (Å²) < 4.78 is 0.780. The first-order chi connectivity index (χ1) is 3.39. The summed E-state index contributed by atoms with van der Waals surface area (Å²) in [5.74, 6) is 0. The van der Waals surface area contributed by atoms with Crippen molar-refractivity contribution in [1.82, 2.24) is 4.98 Å². The molecule has 0 aliphatic heterocycles. The molecular formula is C5H5NNa2OS. The molecule has 1 aromatic heterocycles. The molecule has 0 saturated carbocycles. The molecule has 1 heterocycles. The number of nitrogens with one attached hydrogen (secondary N) is 1. The van der Waals surface area contributed by atoms with E-state index in [1.54, 1.807) is 0 Å². The van der Waals surface area contributed by atoms with Crippen LogP contribution >= 0.6 is 12.2 Å². The molecule has 0 atom stereocenters. The zero-order valence-corrected chi connectivity index (χ0v) is 10.9. The van der Waals surface area contributed by atoms with Gasteiger partial charge in [-0.2, -0.15) is 0 Å². The molecule has 1 N–H and O–H groups in total. The zero-order valence-electron chi connectivity index (χ0n) is 6.13. The van der Waals surface area contributed by atoms with Gasteiger partial charge in [0.15, 0.2) is 0 Å². The van der Waals surface area contributed by atoms with Crippen molar-refractivity contribution in [2.45, 2.75) is 0 Å². The molecule has 0 bridgehead atoms. The van der Waals surface area contributed by atoms with Gasteiger partial charge in [0.1, 0.15) is 4.64 Å². The van der Waals surface area contributed by atoms with Crippen molar-refractivity contribution in [2.24, 2.45) is 0 Å². The first-order valence-corrected chi connectivity index (χ1v) is 2.44. The summed E-state index contributed by atoms with van der Waals surface area (Å²) in [5.41, 5.74) is 0. The summed E-state index contributed by atoms with van der Waals surface area (Å²) in [4.78, 5) is 2.85. The van der Waals surface area contributed by atoms with E-state index in [1.165, 1.54) is 0 Å². The van der Waals surface area contributed by atoms with Crippen molar-refractivity contribution in [2.75, 3.05) is 0 Å². The number of aromatic amines is 1. The Morgan fingerprint density at radius 2 is 1.80 bits per heavy atom. The van der Waals surface area contributed by atoms with Crippen LogP contribution in [0, 0.1) is 4.64 Å². The average Bonchev–Trinajstić information content (AvgIpc) is 1.69. The predicted molar refractivity (Wildman–Crippen MR) is 32.3 cm³/mol. The van der Waals surface area contributed by atoms with Gasteiger partial charge in [0.2, 0.25) is 0 Å². The van der Waals surface area contributed by atoms with Crippen LogP contribution < -0.4 is 59.1 Å². The quantitative estimate of drug-likeness (QED) is 0.313. The minimum absolute atomic E-state index is 0. The molecular weight excluding hydrogens is 168 g/mol. The van der Waals surface area contributed by atoms with Gasteiger partial charge in [-0.25, -0.2) is 0 Å². The topological polar surface area (TPSA) is 44.3 Å². The third-order valence-corrected chi connectivity index (χ3v) is 0.934. The average molecular weight is 173 g/mol. The van der Waals surface area contributed by atoms with Crippen molar-refractivity contribution in [3.63, 3.8) is 0 Å². The summed E-state index contributed by atoms with van der Waals surface area (Å²) in [6.45, 7) is 0. The molecule has 1 aromatic rings. The monoisotopic (exact) mass is 173 g/mol. The minimum Gasteiger partial charge on any atom is -2.00 e. The van der Waals surface area contributed by atoms with Crippen molar-refractivity contribution in [3.8, 4) is 0 Å². The number of hydrogen-bond acceptors (Lipinski definition) is 1. The molecule has 0 spiro atoms. The Kier molecular flexibility index (Phi) is 18.0. The van der Waals surface area contributed by atoms with E-state index in [4.69, 9.17) is 12.2 Å². The maximum absolute atomic E-state index is 4.76. The van der Waals surface area contributed by atoms with Crippen molar-refractivity contribution in [1.29, 1.82) is 0 Å². The van der Waals surface area contributed by atoms with Gasteiger partial charge in [-0.3, -0.25) is 0 Å². The SMILES string of the molecule is S=c1cccc[nH]1.[Na+].[Na+].[O-2]. The van der Waals surface area contributed by atoms with Gasteiger partial charge < -0.3 is 10.5 Å². The van der Waals surface area contributed by atoms with Crippen LogP contribution in [-0.2, 0) is 5.48 Å². The van der Waals surface area contributed by atoms with Gasteiger partial charge in [-0.1, -0.05) is 18.3 Å². The molecule has 2 nitrogen and oxygen atoms in total. The maximum atomic E-state index is 4.76. The van der Waals surface area contributed by atoms with Crippen LogP contribution in [0.25, 0.3) is 0 Å². The number of H-pyrrole nitrogens is 1. The summed E-state index contributed by atoms with van der Waals surface area (Å²) >= 11 is 4.76. The Hall–Kier alpha value is 1.33. The second-order valence-electron chi connectivity index (χ2n) is 1.23. The molecule has 0 unspecified atom stereocenters. The second kappa shape index (κ2) is 10.3. The Labute approximate surface area is 109 Å². The van der Waals surface area contributed by atoms with Gasteiger partial charge in [0.25, 0.3) is 0 Å². The smallest absolute Gasteiger partial charge is 1.00 e. The molecule has 0 aliphatic rings. The van der Waals surface area contributed by atoms with E-state index >= 15 is 0 Å². The Bertz CT molecular complexity index is 185. The Balaban J connectivity index is -0.000000163. The number of aromatic nitrogens is 1. The van der Waals surface area contributed by atoms with E-state index in [2.05, 4.69) is 4.98 Å². The number of hydrogen-bond donors (Lipinski definition) is 1. The molecule has 1 rings (SSSR count). The first-order valence-electron chi connectivity index (χ1n) is 2.03. The summed E-state index contributed by atoms with van der Waals surface area (Å²) in [5, 5.41) is 0. The minimum atomic E-state index is 0. The fourth-order valence-electron chi connectivity index (χ4n) is 0.377. The first kappa shape index (κ1) is 17.4. The van der Waals surface area contributed by atoms with Crippen LogP contribution in [0.2, 0.25) is 0 Å². The summed E-state index contributed by atoms with van der Waals surface area (Å²) in [6, 6.07) is 5.64. The van der Waals surface area contributed by atoms with E-state index in [9.17, 15) is 0 Å². The van der Waals surface area contributed by atoms with Crippen LogP contribution in [0.5, 0.6) is 0 Å². The van der Waals surface area contributed by atoms with E-state index in [0.29, 0.717) is 0 Å². The van der Waals surface area contributed by atoms with E-state index < -0.39 is 0 Å². The number of rotatable bonds is 0. The van der Waals surface area contributed by atoms with E-state index in [-0.39, 0.29) is 64.6 Å². The van der Waals surface area contributed by atoms with Crippen LogP contribution in [-0.4, -0.2) is 4.98 Å². The molecule has 0 aromatic carbocycles. The zero-order chi connectivity index (χ0) is 5.11. The fourth-order valence-corrected chi connectivity index (χ4v) is 0.523. The van der Waals surface area contributed by atoms with Gasteiger partial charge in [-0.15, -0.1) is 0 Å². The standard InChI is InChI=1S/C5H5NS.2Na.O/c7-5-3-1-2-4-6-5;;;/h1-4H,(H,6,7);;;/q;2*+1;-2. The molecule has 0 amide bonds. The summed E-state index contributed by atoms with van der Waals surface area (Å²) in [6.07, 6.45) is 1.81. The second-order valence-corrected chi connectivity index (χ2v) is 1.67. The van der Waals surface area contributed by atoms with Crippen LogP contribution in [0.1, 0.15) is 0 Å². The fraction of sp³-hybridized carbons (Fsp3) is 0. The van der Waals surface area contributed by atoms with Gasteiger partial charge in [0, 0.05) is 6.20 Å². The molecule has 0 aliphatic carbocycles. The van der Waals surface area contributed by atoms with Crippen LogP contribution in [0.15, 0.2) is 24.4 Å². The van der Waals surface area contributed by atoms with E-state index in [1.807, 2.05) is 24.4 Å². The molecule has 0 fully saturated rings. The molecule has 0 radical (unpaired) electrons. The van der Waals surface area contributed by atoms with Crippen LogP contribution in [0.3, 0.4) is 0 Å².